The molecular formula is C68H103ClN5O10PS2. The average molecular weight is 1280 g/mol. The maximum Gasteiger partial charge on any atom is 0.313 e. The van der Waals surface area contributed by atoms with Gasteiger partial charge >= 0.3 is 17.9 Å². The lowest BCUT2D eigenvalue weighted by Gasteiger charge is -2.22. The number of nitrogens with one attached hydrogen (secondary N) is 3. The van der Waals surface area contributed by atoms with Gasteiger partial charge in [-0.25, -0.2) is 0 Å². The zero-order valence-corrected chi connectivity index (χ0v) is 60.1. The Kier molecular flexibility index (Phi) is 33.4. The van der Waals surface area contributed by atoms with E-state index < -0.39 is 13.0 Å². The second kappa shape index (κ2) is 36.7. The fourth-order valence-corrected chi connectivity index (χ4v) is 10.8. The lowest BCUT2D eigenvalue weighted by Crippen LogP contribution is -2.26. The molecule has 3 N–H and O–H groups in total. The van der Waals surface area contributed by atoms with E-state index in [9.17, 15) is 18.9 Å². The summed E-state index contributed by atoms with van der Waals surface area (Å²) in [5, 5.41) is 10.1. The van der Waals surface area contributed by atoms with Crippen molar-refractivity contribution in [3.8, 4) is 11.5 Å². The minimum atomic E-state index is -2.29. The van der Waals surface area contributed by atoms with E-state index in [1.807, 2.05) is 153 Å². The molecule has 4 heterocycles. The molecule has 19 heteroatoms. The zero-order valence-electron chi connectivity index (χ0n) is 56.8. The van der Waals surface area contributed by atoms with E-state index in [-0.39, 0.29) is 46.1 Å². The van der Waals surface area contributed by atoms with Crippen LogP contribution in [0.25, 0.3) is 0 Å². The first-order chi connectivity index (χ1) is 40.0. The molecule has 15 nitrogen and oxygen atoms in total. The summed E-state index contributed by atoms with van der Waals surface area (Å²) in [7, 11) is 1.08. The molecule has 2 aromatic heterocycles. The van der Waals surface area contributed by atoms with E-state index in [2.05, 4.69) is 83.1 Å². The number of anilines is 3. The Morgan fingerprint density at radius 1 is 0.690 bits per heavy atom. The number of benzene rings is 3. The first-order valence-corrected chi connectivity index (χ1v) is 33.7. The summed E-state index contributed by atoms with van der Waals surface area (Å²) in [5.41, 5.74) is 13.4. The number of fused-ring (bicyclic) bond motifs is 2. The van der Waals surface area contributed by atoms with E-state index in [1.165, 1.54) is 28.1 Å². The van der Waals surface area contributed by atoms with Crippen LogP contribution in [0.3, 0.4) is 0 Å². The standard InChI is InChI=1S/C17H21N3OS.C13H18O2.C9H12ClNO.C9H9NS.2C7H14O2.C6H15O2P/c1-10-5-6-13-14(7-10)20-17(19-13)22-9-15-12(3)16(21-4)11(2)8-18-15;1-10(11-8-6-5-7-9-11)12(14)15-13(2,3)4;1-6-4-8(5-10)11-7(2)9(6)12-3;1-6-2-3-8-7(4-6)5-9(11)10-8;2*1-5-6(8)9-7(2,3)4;1-6(2,3)8-9(4,5)7/h5-8,17,19-20H,9H2,1-4H3;5-10H,1-4H3;4H,5H2,1-3H3;2-4H,5H2,1H3,(H,10,11);2*5H2,1-4H3;1-5H3/t;10-;;;;;/m.1...../s1. The van der Waals surface area contributed by atoms with Crippen LogP contribution in [-0.2, 0) is 55.7 Å². The van der Waals surface area contributed by atoms with Gasteiger partial charge in [0.25, 0.3) is 0 Å². The highest BCUT2D eigenvalue weighted by molar-refractivity contribution is 7.99. The molecule has 484 valence electrons. The van der Waals surface area contributed by atoms with Crippen LogP contribution in [0.2, 0.25) is 0 Å². The van der Waals surface area contributed by atoms with Crippen molar-refractivity contribution in [3.05, 3.63) is 135 Å². The van der Waals surface area contributed by atoms with Crippen molar-refractivity contribution in [1.29, 1.82) is 0 Å². The van der Waals surface area contributed by atoms with Crippen molar-refractivity contribution in [2.45, 2.75) is 210 Å². The second-order valence-electron chi connectivity index (χ2n) is 25.1. The minimum Gasteiger partial charge on any atom is -0.496 e. The number of hydrogen-bond acceptors (Lipinski definition) is 16. The monoisotopic (exact) mass is 1280 g/mol. The van der Waals surface area contributed by atoms with Gasteiger partial charge in [-0.3, -0.25) is 28.9 Å². The third-order valence-electron chi connectivity index (χ3n) is 11.5. The van der Waals surface area contributed by atoms with Gasteiger partial charge in [-0.15, -0.1) is 23.4 Å². The van der Waals surface area contributed by atoms with Gasteiger partial charge in [-0.05, 0) is 178 Å². The lowest BCUT2D eigenvalue weighted by molar-refractivity contribution is -0.157. The zero-order chi connectivity index (χ0) is 66.8. The molecule has 0 fully saturated rings. The Morgan fingerprint density at radius 3 is 1.63 bits per heavy atom. The molecule has 0 saturated heterocycles. The number of rotatable bonds is 11. The highest BCUT2D eigenvalue weighted by Crippen LogP contribution is 2.42. The number of alkyl halides is 1. The highest BCUT2D eigenvalue weighted by atomic mass is 35.5. The van der Waals surface area contributed by atoms with Crippen molar-refractivity contribution in [3.63, 3.8) is 0 Å². The number of ether oxygens (including phenoxy) is 5. The molecule has 0 aliphatic carbocycles. The number of hydrogen-bond donors (Lipinski definition) is 3. The minimum absolute atomic E-state index is 0.137. The topological polar surface area (TPSA) is 186 Å². The van der Waals surface area contributed by atoms with Gasteiger partial charge in [0.05, 0.1) is 65.1 Å². The fourth-order valence-electron chi connectivity index (χ4n) is 8.07. The number of carbonyl (C=O) groups is 3. The summed E-state index contributed by atoms with van der Waals surface area (Å²) in [6, 6.07) is 24.4. The summed E-state index contributed by atoms with van der Waals surface area (Å²) < 4.78 is 42.0. The van der Waals surface area contributed by atoms with Crippen LogP contribution in [-0.4, -0.2) is 88.3 Å². The normalized spacial score (nSPS) is 13.3. The molecule has 87 heavy (non-hydrogen) atoms. The summed E-state index contributed by atoms with van der Waals surface area (Å²) in [6.07, 6.45) is 3.70. The number of methoxy groups -OCH3 is 2. The van der Waals surface area contributed by atoms with Crippen molar-refractivity contribution >= 4 is 82.9 Å². The van der Waals surface area contributed by atoms with Crippen molar-refractivity contribution < 1.29 is 47.2 Å². The molecule has 1 unspecified atom stereocenters. The van der Waals surface area contributed by atoms with E-state index >= 15 is 0 Å². The predicted molar refractivity (Wildman–Crippen MR) is 368 cm³/mol. The van der Waals surface area contributed by atoms with Crippen LogP contribution in [0.4, 0.5) is 17.1 Å². The number of aromatic nitrogens is 2. The Balaban J connectivity index is 0.000000523. The quantitative estimate of drug-likeness (QED) is 0.0372. The summed E-state index contributed by atoms with van der Waals surface area (Å²) in [6.45, 7) is 43.4. The van der Waals surface area contributed by atoms with Crippen LogP contribution in [0.1, 0.15) is 179 Å². The molecular weight excluding hydrogens is 1180 g/mol. The first kappa shape index (κ1) is 79.3. The Bertz CT molecular complexity index is 2990. The number of esters is 3. The number of thioether (sulfide) groups is 1. The SMILES string of the molecule is CC(C)(C)OP(C)(C)=O.CCC(=O)OC(C)(C)C.CCC(=O)OC(C)(C)C.COc1c(C)cc(CCl)nc1C.COc1c(C)cnc(CSC2Nc3ccc(C)cc3N2)c1C.C[C@@H](C(=O)OC(C)(C)C)c1ccccc1.Cc1ccc2c(c1)CC(=S)N2. The molecule has 2 aliphatic rings. The maximum atomic E-state index is 11.7. The van der Waals surface area contributed by atoms with Gasteiger partial charge < -0.3 is 44.2 Å². The van der Waals surface area contributed by atoms with E-state index in [0.717, 1.165) is 73.7 Å². The smallest absolute Gasteiger partial charge is 0.313 e. The highest BCUT2D eigenvalue weighted by Gasteiger charge is 2.24. The van der Waals surface area contributed by atoms with Gasteiger partial charge in [0, 0.05) is 61.4 Å². The molecule has 0 amide bonds. The van der Waals surface area contributed by atoms with Crippen LogP contribution in [0.15, 0.2) is 79.0 Å². The van der Waals surface area contributed by atoms with Crippen molar-refractivity contribution in [1.82, 2.24) is 9.97 Å². The van der Waals surface area contributed by atoms with Crippen molar-refractivity contribution in [2.24, 2.45) is 0 Å². The largest absolute Gasteiger partial charge is 0.496 e. The van der Waals surface area contributed by atoms with E-state index in [4.69, 9.17) is 52.0 Å². The maximum absolute atomic E-state index is 11.7. The van der Waals surface area contributed by atoms with Gasteiger partial charge in [0.15, 0.2) is 7.37 Å². The number of carbonyl (C=O) groups excluding carboxylic acids is 3. The van der Waals surface area contributed by atoms with Crippen LogP contribution in [0.5, 0.6) is 11.5 Å². The molecule has 0 spiro atoms. The van der Waals surface area contributed by atoms with Gasteiger partial charge in [0.1, 0.15) is 33.8 Å². The van der Waals surface area contributed by atoms with E-state index in [0.29, 0.717) is 18.7 Å². The van der Waals surface area contributed by atoms with Gasteiger partial charge in [-0.1, -0.05) is 80.2 Å². The molecule has 0 bridgehead atoms. The molecule has 0 radical (unpaired) electrons. The number of pyridine rings is 2. The molecule has 5 aromatic rings. The summed E-state index contributed by atoms with van der Waals surface area (Å²) in [4.78, 5) is 42.7. The second-order valence-corrected chi connectivity index (χ2v) is 29.7. The number of halogens is 1. The molecule has 7 rings (SSSR count). The molecule has 2 aliphatic heterocycles. The van der Waals surface area contributed by atoms with Gasteiger partial charge in [0.2, 0.25) is 0 Å². The van der Waals surface area contributed by atoms with Gasteiger partial charge in [-0.2, -0.15) is 0 Å². The first-order valence-electron chi connectivity index (χ1n) is 29.2. The molecule has 0 saturated carbocycles. The van der Waals surface area contributed by atoms with Crippen LogP contribution in [0, 0.1) is 41.5 Å². The number of aryl methyl sites for hydroxylation is 5. The Labute approximate surface area is 537 Å². The Hall–Kier alpha value is -5.71. The molecule has 3 aromatic carbocycles. The third kappa shape index (κ3) is 33.5. The summed E-state index contributed by atoms with van der Waals surface area (Å²) >= 11 is 12.5. The third-order valence-corrected chi connectivity index (χ3v) is 14.0. The predicted octanol–water partition coefficient (Wildman–Crippen LogP) is 17.8. The number of thiocarbonyl (C=S) groups is 1. The van der Waals surface area contributed by atoms with Crippen LogP contribution >= 0.6 is 42.9 Å². The van der Waals surface area contributed by atoms with Crippen molar-refractivity contribution in [2.75, 3.05) is 43.5 Å². The summed E-state index contributed by atoms with van der Waals surface area (Å²) in [5.74, 6) is 2.43. The lowest BCUT2D eigenvalue weighted by atomic mass is 10.0. The Morgan fingerprint density at radius 2 is 1.20 bits per heavy atom. The van der Waals surface area contributed by atoms with Crippen LogP contribution < -0.4 is 25.4 Å². The number of nitrogens with zero attached hydrogens (tertiary/aromatic N) is 2. The fraction of sp³-hybridized carbons (Fsp3) is 0.529. The van der Waals surface area contributed by atoms with E-state index in [1.54, 1.807) is 53.2 Å². The molecule has 2 atom stereocenters. The average Bonchev–Trinajstić information content (AvgIpc) is 2.47.